The second-order valence-electron chi connectivity index (χ2n) is 7.72. The van der Waals surface area contributed by atoms with Crippen molar-refractivity contribution in [3.05, 3.63) is 113 Å². The number of rotatable bonds is 7. The fourth-order valence-electron chi connectivity index (χ4n) is 3.93. The summed E-state index contributed by atoms with van der Waals surface area (Å²) in [4.78, 5) is 27.5. The molecule has 0 radical (unpaired) electrons. The lowest BCUT2D eigenvalue weighted by atomic mass is 9.93. The number of phenolic OH excluding ortho intramolecular Hbond substituents is 1. The minimum Gasteiger partial charge on any atom is -0.508 e. The van der Waals surface area contributed by atoms with E-state index in [4.69, 9.17) is 0 Å². The number of carbonyl (C=O) groups excluding carboxylic acids is 2. The second-order valence-corrected chi connectivity index (χ2v) is 7.72. The molecule has 3 aromatic rings. The van der Waals surface area contributed by atoms with Crippen LogP contribution in [0.25, 0.3) is 0 Å². The van der Waals surface area contributed by atoms with Crippen molar-refractivity contribution in [3.63, 3.8) is 0 Å². The van der Waals surface area contributed by atoms with Gasteiger partial charge in [-0.25, -0.2) is 4.39 Å². The predicted octanol–water partition coefficient (Wildman–Crippen LogP) is 4.63. The molecule has 4 rings (SSSR count). The summed E-state index contributed by atoms with van der Waals surface area (Å²) >= 11 is 0. The molecule has 0 fully saturated rings. The van der Waals surface area contributed by atoms with Crippen molar-refractivity contribution in [1.29, 1.82) is 0 Å². The van der Waals surface area contributed by atoms with Gasteiger partial charge in [0.1, 0.15) is 11.6 Å². The number of hydrogen-bond acceptors (Lipinski definition) is 4. The van der Waals surface area contributed by atoms with Gasteiger partial charge in [0, 0.05) is 13.0 Å². The van der Waals surface area contributed by atoms with Crippen LogP contribution in [-0.4, -0.2) is 26.8 Å². The Kier molecular flexibility index (Phi) is 6.03. The van der Waals surface area contributed by atoms with Gasteiger partial charge in [0.25, 0.3) is 5.91 Å². The maximum absolute atomic E-state index is 13.3. The van der Waals surface area contributed by atoms with Crippen LogP contribution in [0.3, 0.4) is 0 Å². The standard InChI is InChI=1S/C26H22FNO4/c27-20-11-6-18(7-12-20)16-28-24(19-9-13-21(29)14-10-19)23(25(31)26(28)32)22(30)15-8-17-4-2-1-3-5-17/h1-7,9-14,24,29,31H,8,15-16H2. The predicted molar refractivity (Wildman–Crippen MR) is 117 cm³/mol. The zero-order valence-electron chi connectivity index (χ0n) is 17.2. The maximum Gasteiger partial charge on any atom is 0.290 e. The first kappa shape index (κ1) is 21.3. The monoisotopic (exact) mass is 431 g/mol. The molecule has 6 heteroatoms. The van der Waals surface area contributed by atoms with Crippen LogP contribution < -0.4 is 0 Å². The minimum absolute atomic E-state index is 0.0405. The first-order valence-electron chi connectivity index (χ1n) is 10.3. The van der Waals surface area contributed by atoms with Gasteiger partial charge in [0.2, 0.25) is 0 Å². The van der Waals surface area contributed by atoms with Crippen molar-refractivity contribution < 1.29 is 24.2 Å². The van der Waals surface area contributed by atoms with Crippen LogP contribution >= 0.6 is 0 Å². The van der Waals surface area contributed by atoms with Crippen LogP contribution in [0, 0.1) is 5.82 Å². The first-order valence-corrected chi connectivity index (χ1v) is 10.3. The highest BCUT2D eigenvalue weighted by atomic mass is 19.1. The van der Waals surface area contributed by atoms with E-state index in [2.05, 4.69) is 0 Å². The van der Waals surface area contributed by atoms with Gasteiger partial charge < -0.3 is 15.1 Å². The largest absolute Gasteiger partial charge is 0.508 e. The van der Waals surface area contributed by atoms with Crippen LogP contribution in [0.2, 0.25) is 0 Å². The first-order chi connectivity index (χ1) is 15.4. The number of aryl methyl sites for hydroxylation is 1. The van der Waals surface area contributed by atoms with Crippen LogP contribution in [0.1, 0.15) is 29.2 Å². The normalized spacial score (nSPS) is 16.0. The topological polar surface area (TPSA) is 77.8 Å². The Hall–Kier alpha value is -3.93. The average Bonchev–Trinajstić information content (AvgIpc) is 3.05. The number of amides is 1. The summed E-state index contributed by atoms with van der Waals surface area (Å²) < 4.78 is 13.3. The molecular formula is C26H22FNO4. The minimum atomic E-state index is -0.809. The van der Waals surface area contributed by atoms with Crippen molar-refractivity contribution in [2.45, 2.75) is 25.4 Å². The van der Waals surface area contributed by atoms with Gasteiger partial charge in [-0.15, -0.1) is 0 Å². The fraction of sp³-hybridized carbons (Fsp3) is 0.154. The van der Waals surface area contributed by atoms with Gasteiger partial charge in [0.15, 0.2) is 11.5 Å². The molecule has 0 spiro atoms. The van der Waals surface area contributed by atoms with Gasteiger partial charge in [-0.05, 0) is 47.4 Å². The third-order valence-corrected chi connectivity index (χ3v) is 5.56. The number of halogens is 1. The van der Waals surface area contributed by atoms with Crippen LogP contribution in [0.4, 0.5) is 4.39 Å². The van der Waals surface area contributed by atoms with E-state index in [0.717, 1.165) is 5.56 Å². The fourth-order valence-corrected chi connectivity index (χ4v) is 3.93. The molecule has 2 N–H and O–H groups in total. The lowest BCUT2D eigenvalue weighted by molar-refractivity contribution is -0.130. The van der Waals surface area contributed by atoms with E-state index in [1.807, 2.05) is 30.3 Å². The van der Waals surface area contributed by atoms with Gasteiger partial charge in [-0.2, -0.15) is 0 Å². The Morgan fingerprint density at radius 2 is 1.53 bits per heavy atom. The molecule has 1 heterocycles. The lowest BCUT2D eigenvalue weighted by Gasteiger charge is -2.27. The number of aliphatic hydroxyl groups is 1. The molecule has 0 saturated carbocycles. The van der Waals surface area contributed by atoms with Gasteiger partial charge in [-0.1, -0.05) is 54.6 Å². The molecule has 0 aliphatic carbocycles. The number of nitrogens with zero attached hydrogens (tertiary/aromatic N) is 1. The van der Waals surface area contributed by atoms with E-state index < -0.39 is 23.5 Å². The molecule has 1 aliphatic heterocycles. The molecule has 1 amide bonds. The molecule has 1 unspecified atom stereocenters. The number of benzene rings is 3. The molecule has 162 valence electrons. The summed E-state index contributed by atoms with van der Waals surface area (Å²) in [5.41, 5.74) is 2.27. The average molecular weight is 431 g/mol. The summed E-state index contributed by atoms with van der Waals surface area (Å²) in [5.74, 6) is -1.89. The molecule has 5 nitrogen and oxygen atoms in total. The van der Waals surface area contributed by atoms with Crippen molar-refractivity contribution in [1.82, 2.24) is 4.90 Å². The van der Waals surface area contributed by atoms with E-state index in [-0.39, 0.29) is 30.1 Å². The van der Waals surface area contributed by atoms with E-state index in [1.165, 1.54) is 29.2 Å². The van der Waals surface area contributed by atoms with Crippen LogP contribution in [0.5, 0.6) is 5.75 Å². The third-order valence-electron chi connectivity index (χ3n) is 5.56. The maximum atomic E-state index is 13.3. The van der Waals surface area contributed by atoms with Crippen LogP contribution in [0.15, 0.2) is 90.2 Å². The summed E-state index contributed by atoms with van der Waals surface area (Å²) in [5, 5.41) is 20.3. The van der Waals surface area contributed by atoms with E-state index in [1.54, 1.807) is 24.3 Å². The molecular weight excluding hydrogens is 409 g/mol. The highest BCUT2D eigenvalue weighted by molar-refractivity contribution is 6.09. The second kappa shape index (κ2) is 9.06. The van der Waals surface area contributed by atoms with Crippen molar-refractivity contribution in [2.75, 3.05) is 0 Å². The Balaban J connectivity index is 1.66. The number of phenols is 1. The molecule has 32 heavy (non-hydrogen) atoms. The van der Waals surface area contributed by atoms with E-state index in [0.29, 0.717) is 17.5 Å². The molecule has 0 bridgehead atoms. The molecule has 3 aromatic carbocycles. The summed E-state index contributed by atoms with van der Waals surface area (Å²) in [6.07, 6.45) is 0.612. The zero-order chi connectivity index (χ0) is 22.7. The summed E-state index contributed by atoms with van der Waals surface area (Å²) in [6.45, 7) is 0.0875. The number of aliphatic hydroxyl groups excluding tert-OH is 1. The number of Topliss-reactive ketones (excluding diaryl/α,β-unsaturated/α-hetero) is 1. The Labute approximate surface area is 185 Å². The lowest BCUT2D eigenvalue weighted by Crippen LogP contribution is -2.30. The SMILES string of the molecule is O=C(CCc1ccccc1)C1=C(O)C(=O)N(Cc2ccc(F)cc2)C1c1ccc(O)cc1. The van der Waals surface area contributed by atoms with Gasteiger partial charge >= 0.3 is 0 Å². The quantitative estimate of drug-likeness (QED) is 0.572. The smallest absolute Gasteiger partial charge is 0.290 e. The van der Waals surface area contributed by atoms with Crippen LogP contribution in [-0.2, 0) is 22.6 Å². The van der Waals surface area contributed by atoms with Gasteiger partial charge in [0.05, 0.1) is 11.6 Å². The van der Waals surface area contributed by atoms with Crippen molar-refractivity contribution in [3.8, 4) is 5.75 Å². The highest BCUT2D eigenvalue weighted by Crippen LogP contribution is 2.39. The van der Waals surface area contributed by atoms with Crippen molar-refractivity contribution >= 4 is 11.7 Å². The molecule has 0 aromatic heterocycles. The van der Waals surface area contributed by atoms with Crippen molar-refractivity contribution in [2.24, 2.45) is 0 Å². The van der Waals surface area contributed by atoms with Gasteiger partial charge in [-0.3, -0.25) is 9.59 Å². The van der Waals surface area contributed by atoms with E-state index >= 15 is 0 Å². The number of ketones is 1. The molecule has 1 aliphatic rings. The Morgan fingerprint density at radius 1 is 0.875 bits per heavy atom. The number of aromatic hydroxyl groups is 1. The molecule has 0 saturated heterocycles. The summed E-state index contributed by atoms with van der Waals surface area (Å²) in [7, 11) is 0. The zero-order valence-corrected chi connectivity index (χ0v) is 17.2. The number of carbonyl (C=O) groups is 2. The summed E-state index contributed by atoms with van der Waals surface area (Å²) in [6, 6.07) is 20.6. The van der Waals surface area contributed by atoms with E-state index in [9.17, 15) is 24.2 Å². The highest BCUT2D eigenvalue weighted by Gasteiger charge is 2.43. The Morgan fingerprint density at radius 3 is 2.19 bits per heavy atom. The third kappa shape index (κ3) is 4.39. The number of hydrogen-bond donors (Lipinski definition) is 2. The molecule has 1 atom stereocenters. The Bertz CT molecular complexity index is 1150.